The molecule has 6 N–H and O–H groups in total. The van der Waals surface area contributed by atoms with Gasteiger partial charge in [-0.2, -0.15) is 4.98 Å². The topological polar surface area (TPSA) is 177 Å². The maximum atomic E-state index is 12.5. The second kappa shape index (κ2) is 8.31. The standard InChI is InChI=1S/C18H32N3O8P/c1-7-18(6,29-30(26,27)17(4,5)25)10(3)13-11(22)12(23)15(28-13)21-8-9(2)14(19)20-16(21)24/h8,10-13,15,22-23,25H,7H2,1-6H3,(H,26,27)(H2,19,20,24). The highest BCUT2D eigenvalue weighted by atomic mass is 31.2. The molecule has 0 spiro atoms. The largest absolute Gasteiger partial charge is 0.388 e. The molecule has 30 heavy (non-hydrogen) atoms. The van der Waals surface area contributed by atoms with Gasteiger partial charge in [0.15, 0.2) is 11.6 Å². The SMILES string of the molecule is CCC(C)(OP(=O)(O)C(C)(C)O)C(C)C1OC(n2cc(C)c(N)nc2=O)C(O)C1O. The Balaban J connectivity index is 2.36. The number of nitrogen functional groups attached to an aromatic ring is 1. The highest BCUT2D eigenvalue weighted by molar-refractivity contribution is 7.54. The number of aliphatic hydroxyl groups is 3. The lowest BCUT2D eigenvalue weighted by molar-refractivity contribution is -0.107. The second-order valence-corrected chi connectivity index (χ2v) is 10.9. The fourth-order valence-corrected chi connectivity index (χ4v) is 4.39. The molecule has 0 aromatic carbocycles. The van der Waals surface area contributed by atoms with Crippen molar-refractivity contribution in [1.29, 1.82) is 0 Å². The number of nitrogens with two attached hydrogens (primary N) is 1. The number of aliphatic hydroxyl groups excluding tert-OH is 2. The minimum Gasteiger partial charge on any atom is -0.388 e. The molecule has 11 nitrogen and oxygen atoms in total. The van der Waals surface area contributed by atoms with Crippen molar-refractivity contribution in [2.45, 2.75) is 83.4 Å². The van der Waals surface area contributed by atoms with Gasteiger partial charge in [0.2, 0.25) is 0 Å². The predicted octanol–water partition coefficient (Wildman–Crippen LogP) is 0.488. The molecule has 1 aromatic heterocycles. The van der Waals surface area contributed by atoms with Gasteiger partial charge in [0, 0.05) is 17.7 Å². The lowest BCUT2D eigenvalue weighted by atomic mass is 9.82. The minimum absolute atomic E-state index is 0.0477. The summed E-state index contributed by atoms with van der Waals surface area (Å²) in [4.78, 5) is 26.1. The van der Waals surface area contributed by atoms with Crippen molar-refractivity contribution in [3.05, 3.63) is 22.2 Å². The van der Waals surface area contributed by atoms with E-state index >= 15 is 0 Å². The van der Waals surface area contributed by atoms with Gasteiger partial charge in [-0.25, -0.2) is 4.79 Å². The summed E-state index contributed by atoms with van der Waals surface area (Å²) in [5, 5.41) is 29.2. The second-order valence-electron chi connectivity index (χ2n) is 8.53. The Morgan fingerprint density at radius 3 is 2.43 bits per heavy atom. The molecule has 0 radical (unpaired) electrons. The third-order valence-electron chi connectivity index (χ3n) is 5.90. The van der Waals surface area contributed by atoms with Crippen molar-refractivity contribution in [2.24, 2.45) is 5.92 Å². The van der Waals surface area contributed by atoms with E-state index in [9.17, 15) is 29.6 Å². The molecular formula is C18H32N3O8P. The zero-order chi connectivity index (χ0) is 23.2. The monoisotopic (exact) mass is 449 g/mol. The van der Waals surface area contributed by atoms with E-state index in [-0.39, 0.29) is 12.2 Å². The molecule has 0 aliphatic carbocycles. The van der Waals surface area contributed by atoms with Crippen LogP contribution in [0.15, 0.2) is 11.0 Å². The van der Waals surface area contributed by atoms with Gasteiger partial charge in [-0.3, -0.25) is 13.7 Å². The normalized spacial score (nSPS) is 29.9. The fraction of sp³-hybridized carbons (Fsp3) is 0.778. The summed E-state index contributed by atoms with van der Waals surface area (Å²) in [7, 11) is -4.46. The number of hydrogen-bond donors (Lipinski definition) is 5. The van der Waals surface area contributed by atoms with Crippen molar-refractivity contribution >= 4 is 13.4 Å². The molecule has 1 aromatic rings. The molecule has 172 valence electrons. The molecule has 1 fully saturated rings. The molecule has 0 bridgehead atoms. The van der Waals surface area contributed by atoms with Crippen LogP contribution >= 0.6 is 7.60 Å². The van der Waals surface area contributed by atoms with Crippen LogP contribution in [0.3, 0.4) is 0 Å². The van der Waals surface area contributed by atoms with Crippen molar-refractivity contribution in [1.82, 2.24) is 9.55 Å². The summed E-state index contributed by atoms with van der Waals surface area (Å²) in [6, 6.07) is 0. The van der Waals surface area contributed by atoms with Gasteiger partial charge in [0.05, 0.1) is 11.7 Å². The van der Waals surface area contributed by atoms with Crippen molar-refractivity contribution in [2.75, 3.05) is 5.73 Å². The highest BCUT2D eigenvalue weighted by Gasteiger charge is 2.53. The summed E-state index contributed by atoms with van der Waals surface area (Å²) < 4.78 is 24.9. The Morgan fingerprint density at radius 2 is 1.93 bits per heavy atom. The molecule has 1 aliphatic heterocycles. The summed E-state index contributed by atoms with van der Waals surface area (Å²) in [6.07, 6.45) is -3.53. The molecule has 0 amide bonds. The van der Waals surface area contributed by atoms with E-state index < -0.39 is 54.7 Å². The molecule has 1 aliphatic rings. The Kier molecular flexibility index (Phi) is 6.91. The van der Waals surface area contributed by atoms with Crippen LogP contribution in [0.25, 0.3) is 0 Å². The summed E-state index contributed by atoms with van der Waals surface area (Å²) in [6.45, 7) is 8.87. The number of anilines is 1. The molecular weight excluding hydrogens is 417 g/mol. The maximum absolute atomic E-state index is 12.5. The van der Waals surface area contributed by atoms with Crippen LogP contribution in [0.1, 0.15) is 52.8 Å². The van der Waals surface area contributed by atoms with Gasteiger partial charge in [-0.05, 0) is 34.1 Å². The number of aryl methyl sites for hydroxylation is 1. The average Bonchev–Trinajstić information content (AvgIpc) is 2.91. The van der Waals surface area contributed by atoms with Gasteiger partial charge in [0.1, 0.15) is 18.0 Å². The summed E-state index contributed by atoms with van der Waals surface area (Å²) in [5.41, 5.74) is 4.07. The fourth-order valence-electron chi connectivity index (χ4n) is 3.30. The third kappa shape index (κ3) is 4.47. The maximum Gasteiger partial charge on any atom is 0.359 e. The molecule has 12 heteroatoms. The van der Waals surface area contributed by atoms with Gasteiger partial charge in [-0.1, -0.05) is 13.8 Å². The van der Waals surface area contributed by atoms with Crippen molar-refractivity contribution in [3.63, 3.8) is 0 Å². The van der Waals surface area contributed by atoms with E-state index in [1.165, 1.54) is 6.20 Å². The van der Waals surface area contributed by atoms with Crippen LogP contribution in [0.5, 0.6) is 0 Å². The first-order valence-electron chi connectivity index (χ1n) is 9.68. The van der Waals surface area contributed by atoms with Gasteiger partial charge in [0.25, 0.3) is 0 Å². The zero-order valence-electron chi connectivity index (χ0n) is 18.0. The highest BCUT2D eigenvalue weighted by Crippen LogP contribution is 2.58. The zero-order valence-corrected chi connectivity index (χ0v) is 18.9. The van der Waals surface area contributed by atoms with Crippen LogP contribution < -0.4 is 11.4 Å². The number of aromatic nitrogens is 2. The summed E-state index contributed by atoms with van der Waals surface area (Å²) in [5.74, 6) is -0.662. The van der Waals surface area contributed by atoms with Crippen LogP contribution in [0.4, 0.5) is 5.82 Å². The molecule has 7 atom stereocenters. The quantitative estimate of drug-likeness (QED) is 0.368. The Morgan fingerprint density at radius 1 is 1.37 bits per heavy atom. The first-order valence-corrected chi connectivity index (χ1v) is 11.3. The van der Waals surface area contributed by atoms with E-state index in [4.69, 9.17) is 15.0 Å². The van der Waals surface area contributed by atoms with E-state index in [1.54, 1.807) is 27.7 Å². The van der Waals surface area contributed by atoms with Crippen molar-refractivity contribution in [3.8, 4) is 0 Å². The Hall–Kier alpha value is -1.33. The smallest absolute Gasteiger partial charge is 0.359 e. The number of hydrogen-bond acceptors (Lipinski definition) is 9. The Bertz CT molecular complexity index is 885. The van der Waals surface area contributed by atoms with E-state index in [0.717, 1.165) is 18.4 Å². The number of rotatable bonds is 7. The number of ether oxygens (including phenoxy) is 1. The van der Waals surface area contributed by atoms with E-state index in [2.05, 4.69) is 4.98 Å². The third-order valence-corrected chi connectivity index (χ3v) is 7.95. The Labute approximate surface area is 175 Å². The molecule has 0 saturated carbocycles. The van der Waals surface area contributed by atoms with E-state index in [1.807, 2.05) is 0 Å². The first kappa shape index (κ1) is 24.9. The van der Waals surface area contributed by atoms with Gasteiger partial charge < -0.3 is 30.7 Å². The van der Waals surface area contributed by atoms with Gasteiger partial charge >= 0.3 is 13.3 Å². The molecule has 2 rings (SSSR count). The summed E-state index contributed by atoms with van der Waals surface area (Å²) >= 11 is 0. The van der Waals surface area contributed by atoms with Gasteiger partial charge in [-0.15, -0.1) is 0 Å². The van der Waals surface area contributed by atoms with Crippen molar-refractivity contribution < 1.29 is 34.0 Å². The molecule has 1 saturated heterocycles. The lowest BCUT2D eigenvalue weighted by Crippen LogP contribution is -2.47. The average molecular weight is 449 g/mol. The molecule has 2 heterocycles. The first-order chi connectivity index (χ1) is 13.6. The number of nitrogens with zero attached hydrogens (tertiary/aromatic N) is 2. The predicted molar refractivity (Wildman–Crippen MR) is 109 cm³/mol. The van der Waals surface area contributed by atoms with Crippen LogP contribution in [0, 0.1) is 12.8 Å². The van der Waals surface area contributed by atoms with Crippen LogP contribution in [0.2, 0.25) is 0 Å². The van der Waals surface area contributed by atoms with E-state index in [0.29, 0.717) is 5.56 Å². The van der Waals surface area contributed by atoms with Crippen LogP contribution in [-0.2, 0) is 13.8 Å². The van der Waals surface area contributed by atoms with Crippen LogP contribution in [-0.4, -0.2) is 59.0 Å². The minimum atomic E-state index is -4.46. The lowest BCUT2D eigenvalue weighted by Gasteiger charge is -2.41. The molecule has 7 unspecified atom stereocenters.